The average Bonchev–Trinajstić information content (AvgIpc) is 3.37. The first-order valence-corrected chi connectivity index (χ1v) is 14.5. The third-order valence-corrected chi connectivity index (χ3v) is 12.1. The molecule has 4 fully saturated rings. The molecule has 0 radical (unpaired) electrons. The van der Waals surface area contributed by atoms with E-state index in [9.17, 15) is 4.79 Å². The first kappa shape index (κ1) is 24.7. The van der Waals surface area contributed by atoms with Crippen LogP contribution in [0.1, 0.15) is 76.9 Å². The topological polar surface area (TPSA) is 32.8 Å². The van der Waals surface area contributed by atoms with Gasteiger partial charge in [-0.05, 0) is 105 Å². The molecular formula is C32H46N2O2. The maximum absolute atomic E-state index is 13.5. The van der Waals surface area contributed by atoms with Crippen LogP contribution in [0.5, 0.6) is 0 Å². The molecule has 4 aliphatic carbocycles. The minimum absolute atomic E-state index is 0.0858. The molecule has 1 aromatic rings. The quantitative estimate of drug-likeness (QED) is 0.479. The Morgan fingerprint density at radius 3 is 2.58 bits per heavy atom. The molecule has 1 aromatic carbocycles. The molecule has 1 amide bonds. The van der Waals surface area contributed by atoms with Gasteiger partial charge in [0.15, 0.2) is 6.10 Å². The van der Waals surface area contributed by atoms with Crippen molar-refractivity contribution in [3.8, 4) is 0 Å². The van der Waals surface area contributed by atoms with Gasteiger partial charge in [-0.3, -0.25) is 4.79 Å². The van der Waals surface area contributed by atoms with Crippen LogP contribution in [0.2, 0.25) is 0 Å². The standard InChI is InChI=1S/C32H46N2O2/c1-21-26-13-14-28-25-12-11-23-19-24(34(4)30(35)29(36-5)22-9-7-6-8-10-22)15-17-31(23,2)27(25)16-18-32(26,28)20-33(21)3/h6-11,21,24-29H,12-20H2,1-5H3/t21-,24-,25+,26+,27-,28-,29?,31-,32-/m0/s1. The summed E-state index contributed by atoms with van der Waals surface area (Å²) >= 11 is 0. The van der Waals surface area contributed by atoms with Crippen molar-refractivity contribution in [3.63, 3.8) is 0 Å². The number of hydrogen-bond acceptors (Lipinski definition) is 3. The zero-order valence-corrected chi connectivity index (χ0v) is 23.1. The van der Waals surface area contributed by atoms with Gasteiger partial charge in [0.2, 0.25) is 0 Å². The second-order valence-electron chi connectivity index (χ2n) is 13.2. The van der Waals surface area contributed by atoms with Gasteiger partial charge < -0.3 is 14.5 Å². The molecule has 0 bridgehead atoms. The van der Waals surface area contributed by atoms with Crippen molar-refractivity contribution in [2.24, 2.45) is 34.5 Å². The molecule has 36 heavy (non-hydrogen) atoms. The van der Waals surface area contributed by atoms with E-state index in [4.69, 9.17) is 4.74 Å². The number of carbonyl (C=O) groups excluding carboxylic acids is 1. The minimum atomic E-state index is -0.522. The fourth-order valence-electron chi connectivity index (χ4n) is 10.1. The molecule has 5 aliphatic rings. The van der Waals surface area contributed by atoms with Crippen LogP contribution in [0.25, 0.3) is 0 Å². The molecule has 1 saturated heterocycles. The fraction of sp³-hybridized carbons (Fsp3) is 0.719. The van der Waals surface area contributed by atoms with Crippen molar-refractivity contribution < 1.29 is 9.53 Å². The van der Waals surface area contributed by atoms with Crippen LogP contribution in [0.4, 0.5) is 0 Å². The highest BCUT2D eigenvalue weighted by atomic mass is 16.5. The van der Waals surface area contributed by atoms with Gasteiger partial charge in [0.25, 0.3) is 5.91 Å². The van der Waals surface area contributed by atoms with Crippen LogP contribution >= 0.6 is 0 Å². The molecule has 4 heteroatoms. The van der Waals surface area contributed by atoms with Crippen LogP contribution < -0.4 is 0 Å². The summed E-state index contributed by atoms with van der Waals surface area (Å²) < 4.78 is 5.69. The second kappa shape index (κ2) is 8.98. The number of carbonyl (C=O) groups is 1. The molecule has 9 atom stereocenters. The number of likely N-dealkylation sites (tertiary alicyclic amines) is 1. The maximum Gasteiger partial charge on any atom is 0.256 e. The third kappa shape index (κ3) is 3.50. The van der Waals surface area contributed by atoms with Gasteiger partial charge in [-0.25, -0.2) is 0 Å². The van der Waals surface area contributed by atoms with Crippen LogP contribution in [-0.4, -0.2) is 55.5 Å². The number of amides is 1. The minimum Gasteiger partial charge on any atom is -0.367 e. The van der Waals surface area contributed by atoms with Crippen molar-refractivity contribution in [2.45, 2.75) is 83.4 Å². The smallest absolute Gasteiger partial charge is 0.256 e. The Balaban J connectivity index is 1.20. The zero-order valence-electron chi connectivity index (χ0n) is 23.1. The van der Waals surface area contributed by atoms with E-state index in [1.165, 1.54) is 45.1 Å². The van der Waals surface area contributed by atoms with Crippen molar-refractivity contribution in [3.05, 3.63) is 47.5 Å². The SMILES string of the molecule is COC(C(=O)N(C)[C@H]1CC[C@@]2(C)C(=CC[C@H]3[C@@H]4CC[C@@H]5[C@H](C)N(C)C[C@@]54CC[C@@H]32)C1)c1ccccc1. The molecule has 1 unspecified atom stereocenters. The Kier molecular flexibility index (Phi) is 6.15. The van der Waals surface area contributed by atoms with Gasteiger partial charge in [0.05, 0.1) is 0 Å². The summed E-state index contributed by atoms with van der Waals surface area (Å²) in [6, 6.07) is 11.0. The Hall–Kier alpha value is -1.65. The van der Waals surface area contributed by atoms with Crippen LogP contribution in [0, 0.1) is 34.5 Å². The van der Waals surface area contributed by atoms with Crippen molar-refractivity contribution in [1.82, 2.24) is 9.80 Å². The molecule has 0 N–H and O–H groups in total. The number of nitrogens with zero attached hydrogens (tertiary/aromatic N) is 2. The van der Waals surface area contributed by atoms with Crippen molar-refractivity contribution in [2.75, 3.05) is 27.7 Å². The summed E-state index contributed by atoms with van der Waals surface area (Å²) in [6.07, 6.45) is 12.5. The number of benzene rings is 1. The normalized spacial score (nSPS) is 42.5. The monoisotopic (exact) mass is 490 g/mol. The lowest BCUT2D eigenvalue weighted by molar-refractivity contribution is -0.144. The molecule has 196 valence electrons. The number of likely N-dealkylation sites (N-methyl/N-ethyl adjacent to an activating group) is 1. The van der Waals surface area contributed by atoms with E-state index < -0.39 is 6.10 Å². The van der Waals surface area contributed by atoms with Crippen molar-refractivity contribution in [1.29, 1.82) is 0 Å². The average molecular weight is 491 g/mol. The summed E-state index contributed by atoms with van der Waals surface area (Å²) in [6.45, 7) is 6.40. The summed E-state index contributed by atoms with van der Waals surface area (Å²) in [4.78, 5) is 18.2. The van der Waals surface area contributed by atoms with E-state index >= 15 is 0 Å². The molecule has 1 spiro atoms. The third-order valence-electron chi connectivity index (χ3n) is 12.1. The highest BCUT2D eigenvalue weighted by Gasteiger charge is 2.64. The summed E-state index contributed by atoms with van der Waals surface area (Å²) in [5.74, 6) is 3.61. The molecule has 6 rings (SSSR count). The lowest BCUT2D eigenvalue weighted by Gasteiger charge is -2.58. The molecular weight excluding hydrogens is 444 g/mol. The van der Waals surface area contributed by atoms with E-state index in [-0.39, 0.29) is 11.9 Å². The predicted molar refractivity (Wildman–Crippen MR) is 144 cm³/mol. The number of methoxy groups -OCH3 is 1. The van der Waals surface area contributed by atoms with Gasteiger partial charge >= 0.3 is 0 Å². The van der Waals surface area contributed by atoms with Crippen LogP contribution in [0.15, 0.2) is 42.0 Å². The van der Waals surface area contributed by atoms with E-state index in [0.717, 1.165) is 48.1 Å². The largest absolute Gasteiger partial charge is 0.367 e. The molecule has 3 saturated carbocycles. The molecule has 4 nitrogen and oxygen atoms in total. The van der Waals surface area contributed by atoms with E-state index in [2.05, 4.69) is 31.9 Å². The number of fused-ring (bicyclic) bond motifs is 4. The van der Waals surface area contributed by atoms with E-state index in [1.807, 2.05) is 42.3 Å². The van der Waals surface area contributed by atoms with E-state index in [1.54, 1.807) is 12.7 Å². The predicted octanol–water partition coefficient (Wildman–Crippen LogP) is 6.09. The summed E-state index contributed by atoms with van der Waals surface area (Å²) in [5.41, 5.74) is 3.50. The van der Waals surface area contributed by atoms with E-state index in [0.29, 0.717) is 10.8 Å². The lowest BCUT2D eigenvalue weighted by atomic mass is 9.47. The van der Waals surface area contributed by atoms with Gasteiger partial charge in [-0.1, -0.05) is 48.9 Å². The molecule has 0 aromatic heterocycles. The molecule has 1 aliphatic heterocycles. The molecule has 1 heterocycles. The Morgan fingerprint density at radius 1 is 1.08 bits per heavy atom. The summed E-state index contributed by atoms with van der Waals surface area (Å²) in [7, 11) is 6.01. The van der Waals surface area contributed by atoms with Crippen LogP contribution in [-0.2, 0) is 9.53 Å². The number of hydrogen-bond donors (Lipinski definition) is 0. The number of ether oxygens (including phenoxy) is 1. The number of allylic oxidation sites excluding steroid dienone is 1. The Bertz CT molecular complexity index is 1020. The Labute approximate surface area is 218 Å². The fourth-order valence-corrected chi connectivity index (χ4v) is 10.1. The zero-order chi connectivity index (χ0) is 25.2. The lowest BCUT2D eigenvalue weighted by Crippen LogP contribution is -2.53. The first-order chi connectivity index (χ1) is 17.3. The highest BCUT2D eigenvalue weighted by molar-refractivity contribution is 5.82. The number of rotatable bonds is 4. The van der Waals surface area contributed by atoms with Gasteiger partial charge in [-0.15, -0.1) is 0 Å². The highest BCUT2D eigenvalue weighted by Crippen LogP contribution is 2.68. The van der Waals surface area contributed by atoms with Crippen LogP contribution in [0.3, 0.4) is 0 Å². The second-order valence-corrected chi connectivity index (χ2v) is 13.2. The Morgan fingerprint density at radius 2 is 1.83 bits per heavy atom. The van der Waals surface area contributed by atoms with Gasteiger partial charge in [-0.2, -0.15) is 0 Å². The maximum atomic E-state index is 13.5. The first-order valence-electron chi connectivity index (χ1n) is 14.5. The van der Waals surface area contributed by atoms with Gasteiger partial charge in [0.1, 0.15) is 0 Å². The van der Waals surface area contributed by atoms with Gasteiger partial charge in [0, 0.05) is 32.8 Å². The van der Waals surface area contributed by atoms with Crippen molar-refractivity contribution >= 4 is 5.91 Å². The summed E-state index contributed by atoms with van der Waals surface area (Å²) in [5, 5.41) is 0.